The Labute approximate surface area is 79.5 Å². The maximum atomic E-state index is 11.6. The zero-order chi connectivity index (χ0) is 11.2. The summed E-state index contributed by atoms with van der Waals surface area (Å²) in [4.78, 5) is 10.7. The Hall–Kier alpha value is -1.25. The van der Waals surface area contributed by atoms with Crippen molar-refractivity contribution in [2.24, 2.45) is 5.92 Å². The summed E-state index contributed by atoms with van der Waals surface area (Å²) in [5.74, 6) is -1.28. The standard InChI is InChI=1S/C8H10F3NO2/c1-6(4-12)2-3-7(13)14-5-8(9,10)11/h6H,2-3,5H2,1H3. The molecule has 0 fully saturated rings. The van der Waals surface area contributed by atoms with Crippen molar-refractivity contribution in [1.82, 2.24) is 0 Å². The molecule has 0 heterocycles. The molecule has 0 saturated carbocycles. The first-order chi connectivity index (χ1) is 6.35. The largest absolute Gasteiger partial charge is 0.456 e. The SMILES string of the molecule is CC(C#N)CCC(=O)OCC(F)(F)F. The molecule has 14 heavy (non-hydrogen) atoms. The van der Waals surface area contributed by atoms with E-state index in [4.69, 9.17) is 5.26 Å². The van der Waals surface area contributed by atoms with Crippen LogP contribution in [0, 0.1) is 17.2 Å². The summed E-state index contributed by atoms with van der Waals surface area (Å²) in [6, 6.07) is 1.86. The monoisotopic (exact) mass is 209 g/mol. The van der Waals surface area contributed by atoms with Crippen LogP contribution in [0.3, 0.4) is 0 Å². The van der Waals surface area contributed by atoms with Crippen molar-refractivity contribution in [3.05, 3.63) is 0 Å². The first-order valence-electron chi connectivity index (χ1n) is 3.97. The van der Waals surface area contributed by atoms with Crippen molar-refractivity contribution < 1.29 is 22.7 Å². The predicted molar refractivity (Wildman–Crippen MR) is 41.0 cm³/mol. The van der Waals surface area contributed by atoms with E-state index in [1.807, 2.05) is 6.07 Å². The molecule has 1 unspecified atom stereocenters. The number of nitriles is 1. The summed E-state index contributed by atoms with van der Waals surface area (Å²) < 4.78 is 38.6. The highest BCUT2D eigenvalue weighted by molar-refractivity contribution is 5.69. The number of carbonyl (C=O) groups excluding carboxylic acids is 1. The van der Waals surface area contributed by atoms with Crippen molar-refractivity contribution in [3.8, 4) is 6.07 Å². The van der Waals surface area contributed by atoms with Crippen LogP contribution in [0.2, 0.25) is 0 Å². The van der Waals surface area contributed by atoms with Crippen LogP contribution >= 0.6 is 0 Å². The Morgan fingerprint density at radius 1 is 1.57 bits per heavy atom. The molecule has 0 aromatic heterocycles. The summed E-state index contributed by atoms with van der Waals surface area (Å²) in [6.45, 7) is 0.0177. The molecule has 0 radical (unpaired) electrons. The molecule has 0 aliphatic rings. The Morgan fingerprint density at radius 2 is 2.14 bits per heavy atom. The van der Waals surface area contributed by atoms with Crippen molar-refractivity contribution >= 4 is 5.97 Å². The maximum absolute atomic E-state index is 11.6. The summed E-state index contributed by atoms with van der Waals surface area (Å²) in [5.41, 5.74) is 0. The lowest BCUT2D eigenvalue weighted by atomic mass is 10.1. The number of ether oxygens (including phenoxy) is 1. The molecular formula is C8H10F3NO2. The van der Waals surface area contributed by atoms with Crippen molar-refractivity contribution in [1.29, 1.82) is 5.26 Å². The predicted octanol–water partition coefficient (Wildman–Crippen LogP) is 2.03. The number of halogens is 3. The van der Waals surface area contributed by atoms with Crippen LogP contribution in [0.15, 0.2) is 0 Å². The van der Waals surface area contributed by atoms with E-state index in [0.717, 1.165) is 0 Å². The molecule has 0 bridgehead atoms. The van der Waals surface area contributed by atoms with Gasteiger partial charge in [-0.3, -0.25) is 4.79 Å². The van der Waals surface area contributed by atoms with Crippen LogP contribution in [0.4, 0.5) is 13.2 Å². The van der Waals surface area contributed by atoms with Crippen LogP contribution in [-0.2, 0) is 9.53 Å². The van der Waals surface area contributed by atoms with E-state index in [9.17, 15) is 18.0 Å². The summed E-state index contributed by atoms with van der Waals surface area (Å²) >= 11 is 0. The molecule has 3 nitrogen and oxygen atoms in total. The van der Waals surface area contributed by atoms with Gasteiger partial charge in [0.25, 0.3) is 0 Å². The first kappa shape index (κ1) is 12.8. The third-order valence-electron chi connectivity index (χ3n) is 1.40. The Balaban J connectivity index is 3.63. The van der Waals surface area contributed by atoms with Gasteiger partial charge in [0.1, 0.15) is 0 Å². The molecule has 1 atom stereocenters. The van der Waals surface area contributed by atoms with Gasteiger partial charge in [-0.05, 0) is 13.3 Å². The van der Waals surface area contributed by atoms with Gasteiger partial charge < -0.3 is 4.74 Å². The minimum atomic E-state index is -4.49. The molecule has 0 aromatic carbocycles. The minimum absolute atomic E-state index is 0.162. The highest BCUT2D eigenvalue weighted by atomic mass is 19.4. The van der Waals surface area contributed by atoms with Crippen molar-refractivity contribution in [3.63, 3.8) is 0 Å². The zero-order valence-corrected chi connectivity index (χ0v) is 7.60. The van der Waals surface area contributed by atoms with Gasteiger partial charge in [-0.2, -0.15) is 18.4 Å². The van der Waals surface area contributed by atoms with Gasteiger partial charge in [-0.25, -0.2) is 0 Å². The fraction of sp³-hybridized carbons (Fsp3) is 0.750. The highest BCUT2D eigenvalue weighted by Gasteiger charge is 2.29. The fourth-order valence-corrected chi connectivity index (χ4v) is 0.633. The average molecular weight is 209 g/mol. The van der Waals surface area contributed by atoms with E-state index in [0.29, 0.717) is 0 Å². The number of carbonyl (C=O) groups is 1. The van der Waals surface area contributed by atoms with Crippen LogP contribution < -0.4 is 0 Å². The number of hydrogen-bond acceptors (Lipinski definition) is 3. The lowest BCUT2D eigenvalue weighted by Gasteiger charge is -2.07. The smallest absolute Gasteiger partial charge is 0.422 e. The summed E-state index contributed by atoms with van der Waals surface area (Å²) in [5, 5.41) is 8.32. The molecule has 0 N–H and O–H groups in total. The second kappa shape index (κ2) is 5.47. The van der Waals surface area contributed by atoms with Gasteiger partial charge in [-0.15, -0.1) is 0 Å². The molecule has 0 aliphatic heterocycles. The lowest BCUT2D eigenvalue weighted by Crippen LogP contribution is -2.20. The Kier molecular flexibility index (Phi) is 4.99. The summed E-state index contributed by atoms with van der Waals surface area (Å²) in [7, 11) is 0. The highest BCUT2D eigenvalue weighted by Crippen LogP contribution is 2.15. The van der Waals surface area contributed by atoms with Gasteiger partial charge in [0, 0.05) is 12.3 Å². The third-order valence-corrected chi connectivity index (χ3v) is 1.40. The molecule has 80 valence electrons. The van der Waals surface area contributed by atoms with Crippen molar-refractivity contribution in [2.45, 2.75) is 25.9 Å². The number of esters is 1. The van der Waals surface area contributed by atoms with Gasteiger partial charge in [-0.1, -0.05) is 0 Å². The van der Waals surface area contributed by atoms with Crippen LogP contribution in [-0.4, -0.2) is 18.8 Å². The van der Waals surface area contributed by atoms with E-state index < -0.39 is 18.8 Å². The van der Waals surface area contributed by atoms with Crippen molar-refractivity contribution in [2.75, 3.05) is 6.61 Å². The Bertz CT molecular complexity index is 232. The van der Waals surface area contributed by atoms with E-state index in [1.54, 1.807) is 6.92 Å². The number of nitrogens with zero attached hydrogens (tertiary/aromatic N) is 1. The molecule has 0 amide bonds. The molecular weight excluding hydrogens is 199 g/mol. The number of rotatable bonds is 4. The molecule has 6 heteroatoms. The molecule has 0 rings (SSSR count). The summed E-state index contributed by atoms with van der Waals surface area (Å²) in [6.07, 6.45) is -4.44. The van der Waals surface area contributed by atoms with Gasteiger partial charge in [0.05, 0.1) is 6.07 Å². The molecule has 0 aliphatic carbocycles. The van der Waals surface area contributed by atoms with E-state index >= 15 is 0 Å². The topological polar surface area (TPSA) is 50.1 Å². The van der Waals surface area contributed by atoms with E-state index in [1.165, 1.54) is 0 Å². The minimum Gasteiger partial charge on any atom is -0.456 e. The third kappa shape index (κ3) is 7.40. The number of alkyl halides is 3. The maximum Gasteiger partial charge on any atom is 0.422 e. The fourth-order valence-electron chi connectivity index (χ4n) is 0.633. The molecule has 0 aromatic rings. The second-order valence-corrected chi connectivity index (χ2v) is 2.84. The molecule has 0 saturated heterocycles. The van der Waals surface area contributed by atoms with Crippen LogP contribution in [0.25, 0.3) is 0 Å². The van der Waals surface area contributed by atoms with Crippen LogP contribution in [0.5, 0.6) is 0 Å². The van der Waals surface area contributed by atoms with E-state index in [-0.39, 0.29) is 18.8 Å². The second-order valence-electron chi connectivity index (χ2n) is 2.84. The first-order valence-corrected chi connectivity index (χ1v) is 3.97. The van der Waals surface area contributed by atoms with Gasteiger partial charge in [0.15, 0.2) is 6.61 Å². The van der Waals surface area contributed by atoms with Gasteiger partial charge >= 0.3 is 12.1 Å². The Morgan fingerprint density at radius 3 is 2.57 bits per heavy atom. The lowest BCUT2D eigenvalue weighted by molar-refractivity contribution is -0.186. The normalized spacial score (nSPS) is 13.1. The zero-order valence-electron chi connectivity index (χ0n) is 7.60. The number of hydrogen-bond donors (Lipinski definition) is 0. The quantitative estimate of drug-likeness (QED) is 0.665. The molecule has 0 spiro atoms. The van der Waals surface area contributed by atoms with Gasteiger partial charge in [0.2, 0.25) is 0 Å². The average Bonchev–Trinajstić information content (AvgIpc) is 2.09. The van der Waals surface area contributed by atoms with Crippen LogP contribution in [0.1, 0.15) is 19.8 Å². The van der Waals surface area contributed by atoms with E-state index in [2.05, 4.69) is 4.74 Å².